The molecule has 0 aromatic heterocycles. The molecule has 0 unspecified atom stereocenters. The maximum absolute atomic E-state index is 10.9. The first-order valence-electron chi connectivity index (χ1n) is 6.08. The Labute approximate surface area is 112 Å². The lowest BCUT2D eigenvalue weighted by Gasteiger charge is -2.10. The Morgan fingerprint density at radius 3 is 2.63 bits per heavy atom. The Bertz CT molecular complexity index is 603. The molecular formula is C16H16O3. The lowest BCUT2D eigenvalue weighted by Crippen LogP contribution is -2.01. The van der Waals surface area contributed by atoms with Gasteiger partial charge in [-0.3, -0.25) is 0 Å². The standard InChI is InChI=1S/C16H16O3/c1-11-6-7-15(12(2)8-11)19-10-13-4-3-5-14(9-13)16(17)18/h3-9H,10H2,1-2H3,(H,17,18). The number of hydrogen-bond donors (Lipinski definition) is 1. The third kappa shape index (κ3) is 3.35. The van der Waals surface area contributed by atoms with E-state index in [2.05, 4.69) is 6.07 Å². The van der Waals surface area contributed by atoms with Crippen molar-refractivity contribution in [3.63, 3.8) is 0 Å². The van der Waals surface area contributed by atoms with Gasteiger partial charge in [0.15, 0.2) is 0 Å². The highest BCUT2D eigenvalue weighted by Crippen LogP contribution is 2.20. The average Bonchev–Trinajstić information content (AvgIpc) is 2.38. The number of aryl methyl sites for hydroxylation is 2. The second-order valence-corrected chi connectivity index (χ2v) is 4.56. The molecule has 2 rings (SSSR count). The third-order valence-electron chi connectivity index (χ3n) is 2.90. The minimum Gasteiger partial charge on any atom is -0.489 e. The zero-order chi connectivity index (χ0) is 13.8. The third-order valence-corrected chi connectivity index (χ3v) is 2.90. The fourth-order valence-corrected chi connectivity index (χ4v) is 1.92. The molecule has 0 saturated heterocycles. The van der Waals surface area contributed by atoms with Crippen LogP contribution in [0.5, 0.6) is 5.75 Å². The van der Waals surface area contributed by atoms with Crippen molar-refractivity contribution in [2.24, 2.45) is 0 Å². The summed E-state index contributed by atoms with van der Waals surface area (Å²) in [7, 11) is 0. The fourth-order valence-electron chi connectivity index (χ4n) is 1.92. The molecule has 0 saturated carbocycles. The van der Waals surface area contributed by atoms with Gasteiger partial charge < -0.3 is 9.84 Å². The highest BCUT2D eigenvalue weighted by atomic mass is 16.5. The van der Waals surface area contributed by atoms with Crippen molar-refractivity contribution < 1.29 is 14.6 Å². The molecule has 1 N–H and O–H groups in total. The molecule has 0 bridgehead atoms. The van der Waals surface area contributed by atoms with E-state index in [4.69, 9.17) is 9.84 Å². The summed E-state index contributed by atoms with van der Waals surface area (Å²) in [5.41, 5.74) is 3.40. The highest BCUT2D eigenvalue weighted by Gasteiger charge is 2.04. The second-order valence-electron chi connectivity index (χ2n) is 4.56. The van der Waals surface area contributed by atoms with Crippen LogP contribution in [-0.2, 0) is 6.61 Å². The van der Waals surface area contributed by atoms with Crippen molar-refractivity contribution >= 4 is 5.97 Å². The van der Waals surface area contributed by atoms with Crippen molar-refractivity contribution in [2.45, 2.75) is 20.5 Å². The first-order valence-corrected chi connectivity index (χ1v) is 6.08. The summed E-state index contributed by atoms with van der Waals surface area (Å²) >= 11 is 0. The molecule has 0 aliphatic heterocycles. The van der Waals surface area contributed by atoms with Gasteiger partial charge in [-0.2, -0.15) is 0 Å². The summed E-state index contributed by atoms with van der Waals surface area (Å²) in [6.07, 6.45) is 0. The van der Waals surface area contributed by atoms with Gasteiger partial charge in [-0.05, 0) is 43.2 Å². The number of carboxylic acid groups (broad SMARTS) is 1. The van der Waals surface area contributed by atoms with Crippen LogP contribution in [0, 0.1) is 13.8 Å². The summed E-state index contributed by atoms with van der Waals surface area (Å²) < 4.78 is 5.72. The Morgan fingerprint density at radius 2 is 1.95 bits per heavy atom. The zero-order valence-corrected chi connectivity index (χ0v) is 11.0. The maximum atomic E-state index is 10.9. The van der Waals surface area contributed by atoms with E-state index >= 15 is 0 Å². The van der Waals surface area contributed by atoms with Crippen molar-refractivity contribution in [1.29, 1.82) is 0 Å². The molecule has 0 radical (unpaired) electrons. The number of rotatable bonds is 4. The number of carbonyl (C=O) groups is 1. The molecule has 0 spiro atoms. The normalized spacial score (nSPS) is 10.2. The van der Waals surface area contributed by atoms with Gasteiger partial charge in [-0.15, -0.1) is 0 Å². The van der Waals surface area contributed by atoms with E-state index in [9.17, 15) is 4.79 Å². The molecule has 0 heterocycles. The second kappa shape index (κ2) is 5.57. The van der Waals surface area contributed by atoms with Crippen LogP contribution < -0.4 is 4.74 Å². The van der Waals surface area contributed by atoms with E-state index < -0.39 is 5.97 Å². The molecule has 0 fully saturated rings. The van der Waals surface area contributed by atoms with Crippen molar-refractivity contribution in [2.75, 3.05) is 0 Å². The summed E-state index contributed by atoms with van der Waals surface area (Å²) in [6.45, 7) is 4.40. The van der Waals surface area contributed by atoms with Gasteiger partial charge in [-0.25, -0.2) is 4.79 Å². The Hall–Kier alpha value is -2.29. The van der Waals surface area contributed by atoms with Gasteiger partial charge in [0.05, 0.1) is 5.56 Å². The summed E-state index contributed by atoms with van der Waals surface area (Å²) in [6, 6.07) is 12.8. The molecule has 19 heavy (non-hydrogen) atoms. The van der Waals surface area contributed by atoms with Crippen LogP contribution in [0.1, 0.15) is 27.0 Å². The molecule has 0 atom stereocenters. The molecule has 0 aliphatic carbocycles. The maximum Gasteiger partial charge on any atom is 0.335 e. The molecule has 2 aromatic rings. The summed E-state index contributed by atoms with van der Waals surface area (Å²) in [5.74, 6) is -0.0975. The molecule has 0 aliphatic rings. The smallest absolute Gasteiger partial charge is 0.335 e. The van der Waals surface area contributed by atoms with E-state index in [-0.39, 0.29) is 5.56 Å². The first kappa shape index (κ1) is 13.1. The summed E-state index contributed by atoms with van der Waals surface area (Å²) in [5, 5.41) is 8.93. The minimum absolute atomic E-state index is 0.279. The van der Waals surface area contributed by atoms with Gasteiger partial charge in [0.1, 0.15) is 12.4 Å². The van der Waals surface area contributed by atoms with Gasteiger partial charge >= 0.3 is 5.97 Å². The number of carboxylic acids is 1. The number of aromatic carboxylic acids is 1. The van der Waals surface area contributed by atoms with E-state index in [1.165, 1.54) is 5.56 Å². The number of hydrogen-bond acceptors (Lipinski definition) is 2. The molecule has 3 heteroatoms. The predicted octanol–water partition coefficient (Wildman–Crippen LogP) is 3.58. The van der Waals surface area contributed by atoms with Crippen LogP contribution >= 0.6 is 0 Å². The molecule has 0 amide bonds. The van der Waals surface area contributed by atoms with Crippen molar-refractivity contribution in [1.82, 2.24) is 0 Å². The molecule has 2 aromatic carbocycles. The van der Waals surface area contributed by atoms with Crippen LogP contribution in [0.15, 0.2) is 42.5 Å². The van der Waals surface area contributed by atoms with Crippen LogP contribution in [0.2, 0.25) is 0 Å². The summed E-state index contributed by atoms with van der Waals surface area (Å²) in [4.78, 5) is 10.9. The minimum atomic E-state index is -0.923. The lowest BCUT2D eigenvalue weighted by molar-refractivity contribution is 0.0696. The molecule has 98 valence electrons. The van der Waals surface area contributed by atoms with Crippen LogP contribution in [0.25, 0.3) is 0 Å². The first-order chi connectivity index (χ1) is 9.06. The lowest BCUT2D eigenvalue weighted by atomic mass is 10.1. The SMILES string of the molecule is Cc1ccc(OCc2cccc(C(=O)O)c2)c(C)c1. The Morgan fingerprint density at radius 1 is 1.16 bits per heavy atom. The van der Waals surface area contributed by atoms with Gasteiger partial charge in [0, 0.05) is 0 Å². The fraction of sp³-hybridized carbons (Fsp3) is 0.188. The number of ether oxygens (including phenoxy) is 1. The van der Waals surface area contributed by atoms with Crippen LogP contribution in [0.3, 0.4) is 0 Å². The predicted molar refractivity (Wildman–Crippen MR) is 73.6 cm³/mol. The monoisotopic (exact) mass is 256 g/mol. The van der Waals surface area contributed by atoms with E-state index in [0.717, 1.165) is 16.9 Å². The number of benzene rings is 2. The molecular weight excluding hydrogens is 240 g/mol. The van der Waals surface area contributed by atoms with Gasteiger partial charge in [-0.1, -0.05) is 29.8 Å². The zero-order valence-electron chi connectivity index (χ0n) is 11.0. The van der Waals surface area contributed by atoms with Crippen LogP contribution in [0.4, 0.5) is 0 Å². The molecule has 3 nitrogen and oxygen atoms in total. The Balaban J connectivity index is 2.10. The van der Waals surface area contributed by atoms with E-state index in [1.807, 2.05) is 32.0 Å². The Kier molecular flexibility index (Phi) is 3.85. The van der Waals surface area contributed by atoms with E-state index in [1.54, 1.807) is 18.2 Å². The van der Waals surface area contributed by atoms with Crippen molar-refractivity contribution in [3.8, 4) is 5.75 Å². The highest BCUT2D eigenvalue weighted by molar-refractivity contribution is 5.87. The van der Waals surface area contributed by atoms with Gasteiger partial charge in [0.25, 0.3) is 0 Å². The van der Waals surface area contributed by atoms with Crippen molar-refractivity contribution in [3.05, 3.63) is 64.7 Å². The average molecular weight is 256 g/mol. The van der Waals surface area contributed by atoms with Gasteiger partial charge in [0.2, 0.25) is 0 Å². The topological polar surface area (TPSA) is 46.5 Å². The van der Waals surface area contributed by atoms with E-state index in [0.29, 0.717) is 6.61 Å². The largest absolute Gasteiger partial charge is 0.489 e. The quantitative estimate of drug-likeness (QED) is 0.909. The van der Waals surface area contributed by atoms with Crippen LogP contribution in [-0.4, -0.2) is 11.1 Å².